The lowest BCUT2D eigenvalue weighted by Crippen LogP contribution is -2.32. The van der Waals surface area contributed by atoms with Crippen LogP contribution in [0.25, 0.3) is 0 Å². The van der Waals surface area contributed by atoms with Crippen LogP contribution in [0.2, 0.25) is 0 Å². The predicted molar refractivity (Wildman–Crippen MR) is 88.2 cm³/mol. The molecule has 0 atom stereocenters. The van der Waals surface area contributed by atoms with Crippen molar-refractivity contribution in [3.8, 4) is 0 Å². The molecule has 1 aliphatic carbocycles. The summed E-state index contributed by atoms with van der Waals surface area (Å²) in [6, 6.07) is 10.2. The summed E-state index contributed by atoms with van der Waals surface area (Å²) in [6.07, 6.45) is 3.61. The molecule has 1 aromatic carbocycles. The first-order valence-corrected chi connectivity index (χ1v) is 7.68. The van der Waals surface area contributed by atoms with E-state index in [4.69, 9.17) is 0 Å². The standard InChI is InChI=1S/C18H20FN3O/c1-22(2)16-8-3-13(11-20-16)17(23)21-12-18(9-10-18)14-4-6-15(19)7-5-14/h3-8,11H,9-10,12H2,1-2H3,(H,21,23). The number of anilines is 1. The van der Waals surface area contributed by atoms with E-state index < -0.39 is 0 Å². The number of hydrogen-bond acceptors (Lipinski definition) is 3. The average molecular weight is 313 g/mol. The number of hydrogen-bond donors (Lipinski definition) is 1. The molecule has 5 heteroatoms. The summed E-state index contributed by atoms with van der Waals surface area (Å²) in [5, 5.41) is 2.98. The number of halogens is 1. The third kappa shape index (κ3) is 3.33. The van der Waals surface area contributed by atoms with E-state index in [2.05, 4.69) is 10.3 Å². The first-order valence-electron chi connectivity index (χ1n) is 7.68. The molecule has 0 aliphatic heterocycles. The molecule has 0 bridgehead atoms. The molecule has 0 saturated heterocycles. The van der Waals surface area contributed by atoms with Gasteiger partial charge in [-0.1, -0.05) is 12.1 Å². The summed E-state index contributed by atoms with van der Waals surface area (Å²) in [6.45, 7) is 0.562. The van der Waals surface area contributed by atoms with E-state index in [1.54, 1.807) is 12.3 Å². The van der Waals surface area contributed by atoms with Gasteiger partial charge < -0.3 is 10.2 Å². The second kappa shape index (κ2) is 5.99. The van der Waals surface area contributed by atoms with E-state index in [1.807, 2.05) is 37.2 Å². The summed E-state index contributed by atoms with van der Waals surface area (Å²) in [7, 11) is 3.81. The largest absolute Gasteiger partial charge is 0.363 e. The fourth-order valence-corrected chi connectivity index (χ4v) is 2.66. The highest BCUT2D eigenvalue weighted by Crippen LogP contribution is 2.47. The number of amides is 1. The molecule has 1 fully saturated rings. The van der Waals surface area contributed by atoms with Crippen molar-refractivity contribution >= 4 is 11.7 Å². The van der Waals surface area contributed by atoms with Crippen molar-refractivity contribution in [2.75, 3.05) is 25.5 Å². The summed E-state index contributed by atoms with van der Waals surface area (Å²) < 4.78 is 13.0. The number of nitrogens with zero attached hydrogens (tertiary/aromatic N) is 2. The van der Waals surface area contributed by atoms with Crippen LogP contribution < -0.4 is 10.2 Å². The van der Waals surface area contributed by atoms with Gasteiger partial charge in [0.05, 0.1) is 5.56 Å². The van der Waals surface area contributed by atoms with Crippen LogP contribution in [0.15, 0.2) is 42.6 Å². The number of rotatable bonds is 5. The Kier molecular flexibility index (Phi) is 4.03. The molecule has 3 rings (SSSR count). The lowest BCUT2D eigenvalue weighted by Gasteiger charge is -2.17. The average Bonchev–Trinajstić information content (AvgIpc) is 3.34. The third-order valence-corrected chi connectivity index (χ3v) is 4.37. The maximum absolute atomic E-state index is 13.0. The normalized spacial score (nSPS) is 15.1. The first-order chi connectivity index (χ1) is 11.0. The Hall–Kier alpha value is -2.43. The Labute approximate surface area is 135 Å². The molecule has 0 spiro atoms. The van der Waals surface area contributed by atoms with Crippen LogP contribution >= 0.6 is 0 Å². The minimum atomic E-state index is -0.236. The molecule has 1 saturated carbocycles. The number of carbonyl (C=O) groups is 1. The van der Waals surface area contributed by atoms with Crippen LogP contribution in [-0.4, -0.2) is 31.5 Å². The summed E-state index contributed by atoms with van der Waals surface area (Å²) in [4.78, 5) is 18.4. The van der Waals surface area contributed by atoms with Gasteiger partial charge in [-0.05, 0) is 42.7 Å². The zero-order valence-electron chi connectivity index (χ0n) is 13.3. The topological polar surface area (TPSA) is 45.2 Å². The monoisotopic (exact) mass is 313 g/mol. The first kappa shape index (κ1) is 15.5. The fraction of sp³-hybridized carbons (Fsp3) is 0.333. The Morgan fingerprint density at radius 3 is 2.43 bits per heavy atom. The number of benzene rings is 1. The van der Waals surface area contributed by atoms with Gasteiger partial charge in [0.1, 0.15) is 11.6 Å². The van der Waals surface area contributed by atoms with Crippen molar-refractivity contribution in [1.82, 2.24) is 10.3 Å². The van der Waals surface area contributed by atoms with Crippen molar-refractivity contribution in [2.24, 2.45) is 0 Å². The van der Waals surface area contributed by atoms with Crippen LogP contribution in [0.5, 0.6) is 0 Å². The third-order valence-electron chi connectivity index (χ3n) is 4.37. The molecule has 1 N–H and O–H groups in total. The highest BCUT2D eigenvalue weighted by atomic mass is 19.1. The Balaban J connectivity index is 1.63. The van der Waals surface area contributed by atoms with Crippen molar-refractivity contribution in [1.29, 1.82) is 0 Å². The van der Waals surface area contributed by atoms with Gasteiger partial charge >= 0.3 is 0 Å². The van der Waals surface area contributed by atoms with E-state index in [0.717, 1.165) is 24.2 Å². The summed E-state index contributed by atoms with van der Waals surface area (Å²) in [5.74, 6) is 0.448. The van der Waals surface area contributed by atoms with Crippen molar-refractivity contribution in [3.05, 3.63) is 59.5 Å². The number of nitrogens with one attached hydrogen (secondary N) is 1. The summed E-state index contributed by atoms with van der Waals surface area (Å²) in [5.41, 5.74) is 1.59. The quantitative estimate of drug-likeness (QED) is 0.923. The van der Waals surface area contributed by atoms with Gasteiger partial charge in [-0.15, -0.1) is 0 Å². The van der Waals surface area contributed by atoms with Crippen LogP contribution in [0.4, 0.5) is 10.2 Å². The van der Waals surface area contributed by atoms with Gasteiger partial charge in [0.2, 0.25) is 0 Å². The van der Waals surface area contributed by atoms with E-state index >= 15 is 0 Å². The highest BCUT2D eigenvalue weighted by Gasteiger charge is 2.44. The van der Waals surface area contributed by atoms with Crippen molar-refractivity contribution < 1.29 is 9.18 Å². The zero-order valence-corrected chi connectivity index (χ0v) is 13.3. The maximum Gasteiger partial charge on any atom is 0.252 e. The van der Waals surface area contributed by atoms with E-state index in [0.29, 0.717) is 12.1 Å². The molecule has 1 heterocycles. The molecule has 1 aromatic heterocycles. The molecule has 23 heavy (non-hydrogen) atoms. The van der Waals surface area contributed by atoms with Gasteiger partial charge in [-0.25, -0.2) is 9.37 Å². The minimum Gasteiger partial charge on any atom is -0.363 e. The Morgan fingerprint density at radius 2 is 1.91 bits per heavy atom. The minimum absolute atomic E-state index is 0.0413. The SMILES string of the molecule is CN(C)c1ccc(C(=O)NCC2(c3ccc(F)cc3)CC2)cn1. The molecular weight excluding hydrogens is 293 g/mol. The number of aromatic nitrogens is 1. The van der Waals surface area contributed by atoms with Gasteiger partial charge in [-0.2, -0.15) is 0 Å². The molecule has 1 amide bonds. The van der Waals surface area contributed by atoms with Gasteiger partial charge in [0.15, 0.2) is 0 Å². The van der Waals surface area contributed by atoms with Crippen molar-refractivity contribution in [3.63, 3.8) is 0 Å². The van der Waals surface area contributed by atoms with E-state index in [9.17, 15) is 9.18 Å². The lowest BCUT2D eigenvalue weighted by atomic mass is 9.96. The van der Waals surface area contributed by atoms with Crippen LogP contribution in [-0.2, 0) is 5.41 Å². The molecule has 0 radical (unpaired) electrons. The Morgan fingerprint density at radius 1 is 1.22 bits per heavy atom. The zero-order chi connectivity index (χ0) is 16.4. The molecule has 2 aromatic rings. The van der Waals surface area contributed by atoms with E-state index in [-0.39, 0.29) is 17.1 Å². The molecular formula is C18H20FN3O. The molecule has 120 valence electrons. The van der Waals surface area contributed by atoms with E-state index in [1.165, 1.54) is 12.1 Å². The van der Waals surface area contributed by atoms with Gasteiger partial charge in [-0.3, -0.25) is 4.79 Å². The lowest BCUT2D eigenvalue weighted by molar-refractivity contribution is 0.0949. The van der Waals surface area contributed by atoms with Crippen molar-refractivity contribution in [2.45, 2.75) is 18.3 Å². The second-order valence-corrected chi connectivity index (χ2v) is 6.27. The summed E-state index contributed by atoms with van der Waals surface area (Å²) >= 11 is 0. The molecule has 1 aliphatic rings. The molecule has 4 nitrogen and oxygen atoms in total. The van der Waals surface area contributed by atoms with Gasteiger partial charge in [0, 0.05) is 32.3 Å². The predicted octanol–water partition coefficient (Wildman–Crippen LogP) is 2.75. The van der Waals surface area contributed by atoms with Crippen LogP contribution in [0.1, 0.15) is 28.8 Å². The maximum atomic E-state index is 13.0. The number of pyridine rings is 1. The highest BCUT2D eigenvalue weighted by molar-refractivity contribution is 5.94. The van der Waals surface area contributed by atoms with Crippen LogP contribution in [0.3, 0.4) is 0 Å². The Bertz CT molecular complexity index is 691. The smallest absolute Gasteiger partial charge is 0.252 e. The van der Waals surface area contributed by atoms with Crippen LogP contribution in [0, 0.1) is 5.82 Å². The second-order valence-electron chi connectivity index (χ2n) is 6.27. The fourth-order valence-electron chi connectivity index (χ4n) is 2.66. The number of carbonyl (C=O) groups excluding carboxylic acids is 1. The van der Waals surface area contributed by atoms with Gasteiger partial charge in [0.25, 0.3) is 5.91 Å². The molecule has 0 unspecified atom stereocenters.